The molecule has 2 aliphatic rings. The minimum absolute atomic E-state index is 0.587. The van der Waals surface area contributed by atoms with Gasteiger partial charge in [0.25, 0.3) is 0 Å². The predicted octanol–water partition coefficient (Wildman–Crippen LogP) is 5.78. The lowest BCUT2D eigenvalue weighted by molar-refractivity contribution is 1.17. The van der Waals surface area contributed by atoms with Crippen LogP contribution in [0.3, 0.4) is 0 Å². The monoisotopic (exact) mass is 373 g/mol. The number of benzene rings is 2. The number of nitrogens with zero attached hydrogens (tertiary/aromatic N) is 3. The lowest BCUT2D eigenvalue weighted by atomic mass is 10.1. The highest BCUT2D eigenvalue weighted by Crippen LogP contribution is 2.38. The Labute approximate surface area is 164 Å². The largest absolute Gasteiger partial charge is 0.368 e. The van der Waals surface area contributed by atoms with Crippen molar-refractivity contribution in [2.75, 3.05) is 18.0 Å². The van der Waals surface area contributed by atoms with E-state index in [1.54, 1.807) is 11.3 Å². The molecule has 5 rings (SSSR count). The number of hydrogen-bond acceptors (Lipinski definition) is 4. The number of aliphatic imine (C=N–C) groups is 1. The molecule has 1 aliphatic carbocycles. The predicted molar refractivity (Wildman–Crippen MR) is 115 cm³/mol. The number of aryl methyl sites for hydroxylation is 2. The van der Waals surface area contributed by atoms with Gasteiger partial charge in [-0.05, 0) is 44.4 Å². The van der Waals surface area contributed by atoms with E-state index in [0.29, 0.717) is 5.92 Å². The molecule has 4 heteroatoms. The van der Waals surface area contributed by atoms with Crippen LogP contribution >= 0.6 is 11.3 Å². The molecule has 2 aromatic carbocycles. The smallest absolute Gasteiger partial charge is 0.210 e. The highest BCUT2D eigenvalue weighted by molar-refractivity contribution is 7.15. The van der Waals surface area contributed by atoms with Gasteiger partial charge in [0, 0.05) is 35.1 Å². The number of thiazole rings is 1. The molecule has 1 saturated carbocycles. The second kappa shape index (κ2) is 6.61. The molecular formula is C23H23N3S. The van der Waals surface area contributed by atoms with Crippen molar-refractivity contribution in [3.8, 4) is 11.3 Å². The van der Waals surface area contributed by atoms with E-state index in [9.17, 15) is 0 Å². The summed E-state index contributed by atoms with van der Waals surface area (Å²) in [5, 5.41) is 0.875. The van der Waals surface area contributed by atoms with Crippen molar-refractivity contribution >= 4 is 27.9 Å². The molecule has 0 bridgehead atoms. The van der Waals surface area contributed by atoms with Crippen LogP contribution in [-0.4, -0.2) is 23.8 Å². The third-order valence-corrected chi connectivity index (χ3v) is 6.13. The van der Waals surface area contributed by atoms with Crippen LogP contribution < -0.4 is 4.90 Å². The third-order valence-electron chi connectivity index (χ3n) is 5.27. The van der Waals surface area contributed by atoms with Gasteiger partial charge in [0.15, 0.2) is 0 Å². The maximum Gasteiger partial charge on any atom is 0.210 e. The van der Waals surface area contributed by atoms with Gasteiger partial charge in [-0.15, -0.1) is 0 Å². The van der Waals surface area contributed by atoms with Gasteiger partial charge in [-0.3, -0.25) is 0 Å². The Bertz CT molecular complexity index is 991. The summed E-state index contributed by atoms with van der Waals surface area (Å²) in [5.74, 6) is 0.587. The summed E-state index contributed by atoms with van der Waals surface area (Å²) in [7, 11) is 0. The second-order valence-corrected chi connectivity index (χ2v) is 8.75. The van der Waals surface area contributed by atoms with Crippen molar-refractivity contribution in [2.24, 2.45) is 10.9 Å². The number of hydrogen-bond donors (Lipinski definition) is 0. The maximum atomic E-state index is 5.02. The molecule has 0 spiro atoms. The van der Waals surface area contributed by atoms with Crippen LogP contribution in [0.15, 0.2) is 53.5 Å². The highest BCUT2D eigenvalue weighted by Gasteiger charge is 2.29. The van der Waals surface area contributed by atoms with Crippen LogP contribution in [0.2, 0.25) is 0 Å². The molecule has 27 heavy (non-hydrogen) atoms. The molecule has 1 aromatic heterocycles. The van der Waals surface area contributed by atoms with Gasteiger partial charge >= 0.3 is 0 Å². The van der Waals surface area contributed by atoms with Gasteiger partial charge in [0.2, 0.25) is 5.13 Å². The fraction of sp³-hybridized carbons (Fsp3) is 0.304. The quantitative estimate of drug-likeness (QED) is 0.419. The maximum absolute atomic E-state index is 5.02. The molecule has 2 heterocycles. The van der Waals surface area contributed by atoms with Crippen LogP contribution in [-0.2, 0) is 0 Å². The van der Waals surface area contributed by atoms with E-state index in [2.05, 4.69) is 67.3 Å². The number of rotatable bonds is 5. The molecule has 0 unspecified atom stereocenters. The number of anilines is 1. The molecule has 3 aromatic rings. The topological polar surface area (TPSA) is 28.3 Å². The molecule has 1 aliphatic heterocycles. The van der Waals surface area contributed by atoms with Gasteiger partial charge in [0.1, 0.15) is 0 Å². The van der Waals surface area contributed by atoms with Gasteiger partial charge in [-0.1, -0.05) is 53.3 Å². The molecule has 0 radical (unpaired) electrons. The van der Waals surface area contributed by atoms with Gasteiger partial charge < -0.3 is 4.90 Å². The first kappa shape index (κ1) is 16.7. The molecule has 0 amide bonds. The van der Waals surface area contributed by atoms with Crippen LogP contribution in [0.4, 0.5) is 10.8 Å². The normalized spacial score (nSPS) is 16.7. The summed E-state index contributed by atoms with van der Waals surface area (Å²) < 4.78 is 0. The average molecular weight is 374 g/mol. The SMILES string of the molecule is Cc1ccc(-c2nc(N=C(c3ccc(N4CC4)cc3)C3CC3)sc2C)cc1. The van der Waals surface area contributed by atoms with E-state index in [0.717, 1.165) is 10.8 Å². The zero-order valence-electron chi connectivity index (χ0n) is 15.8. The van der Waals surface area contributed by atoms with Crippen LogP contribution in [0.1, 0.15) is 28.8 Å². The Hall–Kier alpha value is -2.46. The molecule has 0 N–H and O–H groups in total. The lowest BCUT2D eigenvalue weighted by Crippen LogP contribution is -2.03. The summed E-state index contributed by atoms with van der Waals surface area (Å²) >= 11 is 1.69. The Morgan fingerprint density at radius 3 is 2.33 bits per heavy atom. The summed E-state index contributed by atoms with van der Waals surface area (Å²) in [5.41, 5.74) is 7.27. The summed E-state index contributed by atoms with van der Waals surface area (Å²) in [4.78, 5) is 13.5. The molecule has 2 fully saturated rings. The van der Waals surface area contributed by atoms with Gasteiger partial charge in [-0.25, -0.2) is 9.98 Å². The van der Waals surface area contributed by atoms with Gasteiger partial charge in [-0.2, -0.15) is 0 Å². The van der Waals surface area contributed by atoms with E-state index in [1.807, 2.05) is 0 Å². The summed E-state index contributed by atoms with van der Waals surface area (Å²) in [6, 6.07) is 17.5. The Morgan fingerprint density at radius 1 is 1.00 bits per heavy atom. The van der Waals surface area contributed by atoms with E-state index in [4.69, 9.17) is 9.98 Å². The molecule has 3 nitrogen and oxygen atoms in total. The van der Waals surface area contributed by atoms with Crippen molar-refractivity contribution in [3.05, 3.63) is 64.5 Å². The minimum Gasteiger partial charge on any atom is -0.368 e. The molecule has 0 atom stereocenters. The van der Waals surface area contributed by atoms with Crippen molar-refractivity contribution < 1.29 is 0 Å². The van der Waals surface area contributed by atoms with Crippen molar-refractivity contribution in [1.29, 1.82) is 0 Å². The van der Waals surface area contributed by atoms with Crippen molar-refractivity contribution in [1.82, 2.24) is 4.98 Å². The first-order valence-corrected chi connectivity index (χ1v) is 10.5. The zero-order valence-corrected chi connectivity index (χ0v) is 16.6. The van der Waals surface area contributed by atoms with E-state index >= 15 is 0 Å². The zero-order chi connectivity index (χ0) is 18.4. The van der Waals surface area contributed by atoms with E-state index < -0.39 is 0 Å². The van der Waals surface area contributed by atoms with Gasteiger partial charge in [0.05, 0.1) is 11.4 Å². The third kappa shape index (κ3) is 3.54. The van der Waals surface area contributed by atoms with Crippen LogP contribution in [0.5, 0.6) is 0 Å². The van der Waals surface area contributed by atoms with Crippen molar-refractivity contribution in [2.45, 2.75) is 26.7 Å². The first-order valence-electron chi connectivity index (χ1n) is 9.66. The standard InChI is InChI=1S/C23H23N3S/c1-15-3-5-17(6-4-15)21-16(2)27-23(24-21)25-22(18-7-8-18)19-9-11-20(12-10-19)26-13-14-26/h3-6,9-12,18H,7-8,13-14H2,1-2H3. The Balaban J connectivity index is 1.47. The molecule has 1 saturated heterocycles. The fourth-order valence-corrected chi connectivity index (χ4v) is 4.23. The highest BCUT2D eigenvalue weighted by atomic mass is 32.1. The first-order chi connectivity index (χ1) is 13.2. The molecule has 136 valence electrons. The Morgan fingerprint density at radius 2 is 1.70 bits per heavy atom. The average Bonchev–Trinajstić information content (AvgIpc) is 3.59. The summed E-state index contributed by atoms with van der Waals surface area (Å²) in [6.07, 6.45) is 2.48. The van der Waals surface area contributed by atoms with Crippen LogP contribution in [0.25, 0.3) is 11.3 Å². The van der Waals surface area contributed by atoms with Crippen LogP contribution in [0, 0.1) is 19.8 Å². The number of aromatic nitrogens is 1. The fourth-order valence-electron chi connectivity index (χ4n) is 3.41. The van der Waals surface area contributed by atoms with E-state index in [1.165, 1.54) is 58.9 Å². The lowest BCUT2D eigenvalue weighted by Gasteiger charge is -2.07. The second-order valence-electron chi connectivity index (χ2n) is 7.57. The minimum atomic E-state index is 0.587. The van der Waals surface area contributed by atoms with Crippen molar-refractivity contribution in [3.63, 3.8) is 0 Å². The molecular weight excluding hydrogens is 350 g/mol. The summed E-state index contributed by atoms with van der Waals surface area (Å²) in [6.45, 7) is 6.62. The van der Waals surface area contributed by atoms with E-state index in [-0.39, 0.29) is 0 Å². The Kier molecular flexibility index (Phi) is 4.09.